The van der Waals surface area contributed by atoms with Gasteiger partial charge in [-0.05, 0) is 45.4 Å². The van der Waals surface area contributed by atoms with Crippen molar-refractivity contribution in [2.24, 2.45) is 0 Å². The number of hydrogen-bond acceptors (Lipinski definition) is 5. The summed E-state index contributed by atoms with van der Waals surface area (Å²) >= 11 is 0. The van der Waals surface area contributed by atoms with Crippen LogP contribution >= 0.6 is 0 Å². The van der Waals surface area contributed by atoms with Crippen LogP contribution in [0.15, 0.2) is 24.3 Å². The van der Waals surface area contributed by atoms with Gasteiger partial charge in [0.2, 0.25) is 5.79 Å². The molecule has 1 aliphatic rings. The minimum atomic E-state index is -1.21. The van der Waals surface area contributed by atoms with E-state index in [0.717, 1.165) is 32.1 Å². The van der Waals surface area contributed by atoms with Crippen LogP contribution < -0.4 is 0 Å². The predicted molar refractivity (Wildman–Crippen MR) is 120 cm³/mol. The molecule has 5 heteroatoms. The van der Waals surface area contributed by atoms with Crippen molar-refractivity contribution in [3.05, 3.63) is 24.3 Å². The molecule has 0 radical (unpaired) electrons. The molecule has 0 aromatic heterocycles. The third-order valence-corrected chi connectivity index (χ3v) is 5.36. The second-order valence-corrected chi connectivity index (χ2v) is 8.22. The van der Waals surface area contributed by atoms with Crippen LogP contribution in [0.25, 0.3) is 0 Å². The maximum Gasteiger partial charge on any atom is 0.306 e. The van der Waals surface area contributed by atoms with E-state index in [1.165, 1.54) is 45.4 Å². The predicted octanol–water partition coefficient (Wildman–Crippen LogP) is 6.06. The number of unbranched alkanes of at least 4 members (excludes halogenated alkanes) is 8. The zero-order chi connectivity index (χ0) is 22.1. The summed E-state index contributed by atoms with van der Waals surface area (Å²) in [5.41, 5.74) is 0. The van der Waals surface area contributed by atoms with Crippen LogP contribution in [-0.4, -0.2) is 36.9 Å². The van der Waals surface area contributed by atoms with Crippen LogP contribution in [-0.2, 0) is 23.8 Å². The van der Waals surface area contributed by atoms with Gasteiger partial charge in [0, 0.05) is 13.3 Å². The van der Waals surface area contributed by atoms with E-state index >= 15 is 0 Å². The van der Waals surface area contributed by atoms with Gasteiger partial charge < -0.3 is 14.2 Å². The molecule has 1 fully saturated rings. The lowest BCUT2D eigenvalue weighted by molar-refractivity contribution is -0.270. The molecule has 0 aromatic rings. The number of allylic oxidation sites excluding steroid dienone is 4. The zero-order valence-electron chi connectivity index (χ0n) is 19.3. The first kappa shape index (κ1) is 26.6. The van der Waals surface area contributed by atoms with Crippen molar-refractivity contribution in [3.8, 4) is 0 Å². The second kappa shape index (κ2) is 16.3. The fourth-order valence-electron chi connectivity index (χ4n) is 3.19. The number of carbonyl (C=O) groups excluding carboxylic acids is 2. The zero-order valence-corrected chi connectivity index (χ0v) is 19.3. The van der Waals surface area contributed by atoms with E-state index in [-0.39, 0.29) is 25.0 Å². The number of ether oxygens (including phenoxy) is 3. The fourth-order valence-corrected chi connectivity index (χ4v) is 3.19. The number of hydrogen-bond donors (Lipinski definition) is 0. The van der Waals surface area contributed by atoms with Crippen LogP contribution in [0.3, 0.4) is 0 Å². The molecule has 0 spiro atoms. The van der Waals surface area contributed by atoms with Crippen LogP contribution in [0, 0.1) is 0 Å². The Hall–Kier alpha value is -1.46. The smallest absolute Gasteiger partial charge is 0.306 e. The Bertz CT molecular complexity index is 530. The summed E-state index contributed by atoms with van der Waals surface area (Å²) in [6, 6.07) is 0. The topological polar surface area (TPSA) is 61.8 Å². The summed E-state index contributed by atoms with van der Waals surface area (Å²) in [6.07, 6.45) is 21.8. The van der Waals surface area contributed by atoms with Crippen molar-refractivity contribution in [1.82, 2.24) is 0 Å². The van der Waals surface area contributed by atoms with Gasteiger partial charge in [-0.1, -0.05) is 63.3 Å². The third-order valence-electron chi connectivity index (χ3n) is 5.36. The van der Waals surface area contributed by atoms with Crippen LogP contribution in [0.1, 0.15) is 97.8 Å². The molecule has 0 bridgehead atoms. The van der Waals surface area contributed by atoms with Gasteiger partial charge >= 0.3 is 5.97 Å². The minimum absolute atomic E-state index is 0.183. The lowest BCUT2D eigenvalue weighted by Crippen LogP contribution is -2.49. The molecule has 0 aromatic carbocycles. The average molecular weight is 423 g/mol. The maximum absolute atomic E-state index is 11.9. The van der Waals surface area contributed by atoms with Gasteiger partial charge in [0.25, 0.3) is 0 Å². The lowest BCUT2D eigenvalue weighted by atomic mass is 10.1. The first-order chi connectivity index (χ1) is 14.5. The fraction of sp³-hybridized carbons (Fsp3) is 0.760. The number of esters is 1. The number of Topliss-reactive ketones (excluding diaryl/α,β-unsaturated/α-hetero) is 1. The number of carbonyl (C=O) groups is 2. The van der Waals surface area contributed by atoms with E-state index in [2.05, 4.69) is 31.2 Å². The van der Waals surface area contributed by atoms with Gasteiger partial charge in [0.05, 0.1) is 13.2 Å². The highest BCUT2D eigenvalue weighted by Crippen LogP contribution is 2.21. The quantitative estimate of drug-likeness (QED) is 0.172. The highest BCUT2D eigenvalue weighted by atomic mass is 16.7. The van der Waals surface area contributed by atoms with Crippen LogP contribution in [0.2, 0.25) is 0 Å². The molecular formula is C25H42O5. The highest BCUT2D eigenvalue weighted by molar-refractivity contribution is 5.83. The van der Waals surface area contributed by atoms with Crippen molar-refractivity contribution < 1.29 is 23.8 Å². The van der Waals surface area contributed by atoms with Gasteiger partial charge in [-0.2, -0.15) is 0 Å². The Labute approximate surface area is 183 Å². The summed E-state index contributed by atoms with van der Waals surface area (Å²) in [4.78, 5) is 23.4. The second-order valence-electron chi connectivity index (χ2n) is 8.22. The largest absolute Gasteiger partial charge is 0.457 e. The van der Waals surface area contributed by atoms with E-state index in [0.29, 0.717) is 6.42 Å². The Morgan fingerprint density at radius 2 is 1.47 bits per heavy atom. The first-order valence-electron chi connectivity index (χ1n) is 11.8. The van der Waals surface area contributed by atoms with Crippen molar-refractivity contribution in [2.75, 3.05) is 13.2 Å². The summed E-state index contributed by atoms with van der Waals surface area (Å²) in [7, 11) is 0. The Morgan fingerprint density at radius 3 is 2.07 bits per heavy atom. The van der Waals surface area contributed by atoms with E-state index in [4.69, 9.17) is 14.2 Å². The molecule has 5 nitrogen and oxygen atoms in total. The molecule has 0 saturated carbocycles. The third kappa shape index (κ3) is 12.3. The highest BCUT2D eigenvalue weighted by Gasteiger charge is 2.38. The molecule has 1 rings (SSSR count). The molecule has 172 valence electrons. The standard InChI is InChI=1S/C25H42O5/c1-4-5-6-7-8-9-10-11-12-13-14-15-16-17-18-19-24(27)30-23-20-28-25(3,22(2)26)29-21-23/h8-9,11-12,23H,4-7,10,13-21H2,1-3H3/b9-8-,12-11-. The normalized spacial score (nSPS) is 22.0. The first-order valence-corrected chi connectivity index (χ1v) is 11.8. The molecule has 1 aliphatic heterocycles. The summed E-state index contributed by atoms with van der Waals surface area (Å²) in [5.74, 6) is -1.61. The van der Waals surface area contributed by atoms with Gasteiger partial charge in [-0.15, -0.1) is 0 Å². The maximum atomic E-state index is 11.9. The number of ketones is 1. The summed E-state index contributed by atoms with van der Waals surface area (Å²) < 4.78 is 16.2. The Balaban J connectivity index is 1.93. The number of rotatable bonds is 16. The van der Waals surface area contributed by atoms with Crippen molar-refractivity contribution >= 4 is 11.8 Å². The van der Waals surface area contributed by atoms with E-state index < -0.39 is 11.9 Å². The molecule has 30 heavy (non-hydrogen) atoms. The molecule has 0 atom stereocenters. The Morgan fingerprint density at radius 1 is 0.900 bits per heavy atom. The molecule has 0 aliphatic carbocycles. The minimum Gasteiger partial charge on any atom is -0.457 e. The van der Waals surface area contributed by atoms with Crippen molar-refractivity contribution in [3.63, 3.8) is 0 Å². The van der Waals surface area contributed by atoms with E-state index in [9.17, 15) is 9.59 Å². The van der Waals surface area contributed by atoms with Gasteiger partial charge in [0.15, 0.2) is 5.78 Å². The van der Waals surface area contributed by atoms with Crippen LogP contribution in [0.4, 0.5) is 0 Å². The van der Waals surface area contributed by atoms with Gasteiger partial charge in [-0.3, -0.25) is 9.59 Å². The van der Waals surface area contributed by atoms with Crippen molar-refractivity contribution in [1.29, 1.82) is 0 Å². The van der Waals surface area contributed by atoms with Gasteiger partial charge in [-0.25, -0.2) is 0 Å². The molecule has 0 amide bonds. The lowest BCUT2D eigenvalue weighted by Gasteiger charge is -2.35. The van der Waals surface area contributed by atoms with E-state index in [1.807, 2.05) is 0 Å². The average Bonchev–Trinajstić information content (AvgIpc) is 2.72. The van der Waals surface area contributed by atoms with Crippen molar-refractivity contribution in [2.45, 2.75) is 110 Å². The van der Waals surface area contributed by atoms with Crippen LogP contribution in [0.5, 0.6) is 0 Å². The Kier molecular flexibility index (Phi) is 14.4. The molecule has 0 N–H and O–H groups in total. The summed E-state index contributed by atoms with van der Waals surface area (Å²) in [5, 5.41) is 0. The van der Waals surface area contributed by atoms with Gasteiger partial charge in [0.1, 0.15) is 6.10 Å². The SMILES string of the molecule is CCCCC/C=C\C/C=C\CCCCCCCC(=O)OC1COC(C)(C(C)=O)OC1. The molecule has 1 saturated heterocycles. The summed E-state index contributed by atoms with van der Waals surface area (Å²) in [6.45, 7) is 5.65. The monoisotopic (exact) mass is 422 g/mol. The molecule has 0 unspecified atom stereocenters. The molecular weight excluding hydrogens is 380 g/mol. The molecule has 1 heterocycles. The van der Waals surface area contributed by atoms with E-state index in [1.54, 1.807) is 6.92 Å².